The van der Waals surface area contributed by atoms with Crippen LogP contribution in [-0.4, -0.2) is 6.26 Å². The van der Waals surface area contributed by atoms with Crippen LogP contribution in [0.4, 0.5) is 0 Å². The maximum atomic E-state index is 5.68. The van der Waals surface area contributed by atoms with E-state index in [9.17, 15) is 0 Å². The van der Waals surface area contributed by atoms with Gasteiger partial charge >= 0.3 is 0 Å². The lowest BCUT2D eigenvalue weighted by molar-refractivity contribution is 0.449. The fourth-order valence-corrected chi connectivity index (χ4v) is 1.37. The first-order valence-electron chi connectivity index (χ1n) is 4.27. The van der Waals surface area contributed by atoms with Crippen molar-refractivity contribution in [2.45, 2.75) is 31.9 Å². The van der Waals surface area contributed by atoms with Gasteiger partial charge in [-0.05, 0) is 25.3 Å². The molecule has 0 bridgehead atoms. The van der Waals surface area contributed by atoms with Crippen LogP contribution in [0.5, 0.6) is 0 Å². The third kappa shape index (κ3) is 2.07. The predicted octanol–water partition coefficient (Wildman–Crippen LogP) is 3.83. The summed E-state index contributed by atoms with van der Waals surface area (Å²) in [5.74, 6) is 2.67. The van der Waals surface area contributed by atoms with Gasteiger partial charge in [0, 0.05) is 5.92 Å². The molecule has 0 amide bonds. The number of rotatable bonds is 3. The monoisotopic (exact) mass is 184 g/mol. The van der Waals surface area contributed by atoms with E-state index in [0.29, 0.717) is 11.2 Å². The van der Waals surface area contributed by atoms with Gasteiger partial charge in [-0.15, -0.1) is 0 Å². The Morgan fingerprint density at radius 2 is 1.75 bits per heavy atom. The SMILES string of the molecule is CSC(C)c1ccc(C(C)C)o1. The van der Waals surface area contributed by atoms with E-state index in [1.54, 1.807) is 0 Å². The van der Waals surface area contributed by atoms with Crippen LogP contribution in [0.25, 0.3) is 0 Å². The van der Waals surface area contributed by atoms with E-state index < -0.39 is 0 Å². The van der Waals surface area contributed by atoms with Crippen molar-refractivity contribution >= 4 is 11.8 Å². The zero-order valence-electron chi connectivity index (χ0n) is 8.13. The van der Waals surface area contributed by atoms with E-state index in [4.69, 9.17) is 4.42 Å². The van der Waals surface area contributed by atoms with Crippen LogP contribution in [0.3, 0.4) is 0 Å². The summed E-state index contributed by atoms with van der Waals surface area (Å²) in [6, 6.07) is 4.16. The fraction of sp³-hybridized carbons (Fsp3) is 0.600. The Morgan fingerprint density at radius 1 is 1.17 bits per heavy atom. The zero-order valence-corrected chi connectivity index (χ0v) is 8.94. The van der Waals surface area contributed by atoms with Crippen molar-refractivity contribution in [2.75, 3.05) is 6.26 Å². The summed E-state index contributed by atoms with van der Waals surface area (Å²) in [6.07, 6.45) is 2.10. The number of hydrogen-bond donors (Lipinski definition) is 0. The third-order valence-corrected chi connectivity index (χ3v) is 2.91. The molecule has 1 atom stereocenters. The minimum Gasteiger partial charge on any atom is -0.465 e. The number of thioether (sulfide) groups is 1. The molecule has 0 saturated carbocycles. The second-order valence-corrected chi connectivity index (χ2v) is 4.45. The highest BCUT2D eigenvalue weighted by molar-refractivity contribution is 7.98. The average molecular weight is 184 g/mol. The summed E-state index contributed by atoms with van der Waals surface area (Å²) in [4.78, 5) is 0. The molecule has 0 aliphatic carbocycles. The zero-order chi connectivity index (χ0) is 9.14. The van der Waals surface area contributed by atoms with Gasteiger partial charge in [0.25, 0.3) is 0 Å². The van der Waals surface area contributed by atoms with Gasteiger partial charge in [0.1, 0.15) is 11.5 Å². The molecular weight excluding hydrogens is 168 g/mol. The molecule has 1 nitrogen and oxygen atoms in total. The van der Waals surface area contributed by atoms with Gasteiger partial charge in [-0.1, -0.05) is 13.8 Å². The molecule has 1 heterocycles. The molecule has 0 radical (unpaired) electrons. The number of hydrogen-bond acceptors (Lipinski definition) is 2. The Kier molecular flexibility index (Phi) is 3.27. The summed E-state index contributed by atoms with van der Waals surface area (Å²) >= 11 is 1.81. The minimum absolute atomic E-state index is 0.470. The Labute approximate surface area is 78.5 Å². The van der Waals surface area contributed by atoms with Crippen LogP contribution in [0, 0.1) is 0 Å². The molecule has 0 fully saturated rings. The summed E-state index contributed by atoms with van der Waals surface area (Å²) in [5.41, 5.74) is 0. The Morgan fingerprint density at radius 3 is 2.17 bits per heavy atom. The lowest BCUT2D eigenvalue weighted by Crippen LogP contribution is -1.84. The summed E-state index contributed by atoms with van der Waals surface area (Å²) in [5, 5.41) is 0.470. The summed E-state index contributed by atoms with van der Waals surface area (Å²) in [7, 11) is 0. The molecule has 12 heavy (non-hydrogen) atoms. The molecule has 1 unspecified atom stereocenters. The van der Waals surface area contributed by atoms with Crippen molar-refractivity contribution in [3.8, 4) is 0 Å². The first-order valence-corrected chi connectivity index (χ1v) is 5.56. The predicted molar refractivity (Wildman–Crippen MR) is 54.7 cm³/mol. The quantitative estimate of drug-likeness (QED) is 0.708. The van der Waals surface area contributed by atoms with Gasteiger partial charge in [0.2, 0.25) is 0 Å². The molecular formula is C10H16OS. The van der Waals surface area contributed by atoms with Crippen LogP contribution in [-0.2, 0) is 0 Å². The average Bonchev–Trinajstić information content (AvgIpc) is 2.51. The molecule has 1 aromatic heterocycles. The topological polar surface area (TPSA) is 13.1 Å². The molecule has 68 valence electrons. The van der Waals surface area contributed by atoms with Crippen molar-refractivity contribution in [1.29, 1.82) is 0 Å². The van der Waals surface area contributed by atoms with Gasteiger partial charge in [0.15, 0.2) is 0 Å². The third-order valence-electron chi connectivity index (χ3n) is 1.97. The van der Waals surface area contributed by atoms with Crippen molar-refractivity contribution < 1.29 is 4.42 Å². The number of furan rings is 1. The molecule has 0 spiro atoms. The first kappa shape index (κ1) is 9.72. The Hall–Kier alpha value is -0.370. The van der Waals surface area contributed by atoms with E-state index >= 15 is 0 Å². The maximum Gasteiger partial charge on any atom is 0.116 e. The van der Waals surface area contributed by atoms with Gasteiger partial charge in [-0.3, -0.25) is 0 Å². The van der Waals surface area contributed by atoms with Crippen LogP contribution in [0.2, 0.25) is 0 Å². The standard InChI is InChI=1S/C10H16OS/c1-7(2)9-5-6-10(11-9)8(3)12-4/h5-8H,1-4H3. The Balaban J connectivity index is 2.77. The molecule has 0 saturated heterocycles. The molecule has 1 rings (SSSR count). The molecule has 0 N–H and O–H groups in total. The molecule has 0 aromatic carbocycles. The van der Waals surface area contributed by atoms with E-state index in [1.165, 1.54) is 0 Å². The van der Waals surface area contributed by atoms with E-state index in [2.05, 4.69) is 39.2 Å². The van der Waals surface area contributed by atoms with Gasteiger partial charge in [0.05, 0.1) is 5.25 Å². The smallest absolute Gasteiger partial charge is 0.116 e. The maximum absolute atomic E-state index is 5.68. The summed E-state index contributed by atoms with van der Waals surface area (Å²) < 4.78 is 5.68. The highest BCUT2D eigenvalue weighted by Gasteiger charge is 2.10. The lowest BCUT2D eigenvalue weighted by Gasteiger charge is -2.04. The second kappa shape index (κ2) is 4.04. The van der Waals surface area contributed by atoms with Crippen LogP contribution in [0.15, 0.2) is 16.5 Å². The molecule has 2 heteroatoms. The molecule has 1 aromatic rings. The van der Waals surface area contributed by atoms with Gasteiger partial charge in [-0.2, -0.15) is 11.8 Å². The highest BCUT2D eigenvalue weighted by Crippen LogP contribution is 2.29. The van der Waals surface area contributed by atoms with Gasteiger partial charge in [-0.25, -0.2) is 0 Å². The van der Waals surface area contributed by atoms with Crippen molar-refractivity contribution in [2.24, 2.45) is 0 Å². The van der Waals surface area contributed by atoms with Crippen molar-refractivity contribution in [3.63, 3.8) is 0 Å². The molecule has 0 aliphatic heterocycles. The van der Waals surface area contributed by atoms with Gasteiger partial charge < -0.3 is 4.42 Å². The van der Waals surface area contributed by atoms with Crippen molar-refractivity contribution in [1.82, 2.24) is 0 Å². The largest absolute Gasteiger partial charge is 0.465 e. The normalized spacial score (nSPS) is 13.8. The molecule has 0 aliphatic rings. The van der Waals surface area contributed by atoms with Crippen LogP contribution < -0.4 is 0 Å². The lowest BCUT2D eigenvalue weighted by atomic mass is 10.2. The van der Waals surface area contributed by atoms with Crippen molar-refractivity contribution in [3.05, 3.63) is 23.7 Å². The minimum atomic E-state index is 0.470. The van der Waals surface area contributed by atoms with Crippen LogP contribution in [0.1, 0.15) is 43.5 Å². The summed E-state index contributed by atoms with van der Waals surface area (Å²) in [6.45, 7) is 6.45. The van der Waals surface area contributed by atoms with E-state index in [1.807, 2.05) is 11.8 Å². The van der Waals surface area contributed by atoms with Crippen LogP contribution >= 0.6 is 11.8 Å². The Bertz CT molecular complexity index is 240. The first-order chi connectivity index (χ1) is 5.65. The van der Waals surface area contributed by atoms with E-state index in [0.717, 1.165) is 11.5 Å². The second-order valence-electron chi connectivity index (χ2n) is 3.27. The highest BCUT2D eigenvalue weighted by atomic mass is 32.2. The fourth-order valence-electron chi connectivity index (χ4n) is 1.01. The van der Waals surface area contributed by atoms with E-state index in [-0.39, 0.29) is 0 Å².